The van der Waals surface area contributed by atoms with Crippen molar-refractivity contribution >= 4 is 23.2 Å². The molecule has 29 heavy (non-hydrogen) atoms. The Kier molecular flexibility index (Phi) is 6.72. The van der Waals surface area contributed by atoms with Gasteiger partial charge < -0.3 is 15.1 Å². The first-order valence-electron chi connectivity index (χ1n) is 10.6. The third-order valence-electron chi connectivity index (χ3n) is 5.72. The van der Waals surface area contributed by atoms with Crippen molar-refractivity contribution in [3.63, 3.8) is 0 Å². The highest BCUT2D eigenvalue weighted by Crippen LogP contribution is 2.26. The number of hydrogen-bond acceptors (Lipinski definition) is 5. The molecule has 6 nitrogen and oxygen atoms in total. The van der Waals surface area contributed by atoms with Gasteiger partial charge in [-0.15, -0.1) is 0 Å². The average Bonchev–Trinajstić information content (AvgIpc) is 2.70. The number of carbonyl (C=O) groups excluding carboxylic acids is 1. The highest BCUT2D eigenvalue weighted by molar-refractivity contribution is 5.93. The second-order valence-corrected chi connectivity index (χ2v) is 7.87. The van der Waals surface area contributed by atoms with E-state index in [0.29, 0.717) is 0 Å². The minimum absolute atomic E-state index is 0.0269. The van der Waals surface area contributed by atoms with Crippen LogP contribution in [0, 0.1) is 26.7 Å². The highest BCUT2D eigenvalue weighted by atomic mass is 16.1. The Balaban J connectivity index is 1.60. The number of rotatable bonds is 6. The molecule has 1 amide bonds. The largest absolute Gasteiger partial charge is 0.372 e. The molecule has 0 unspecified atom stereocenters. The summed E-state index contributed by atoms with van der Waals surface area (Å²) in [5.74, 6) is 0.924. The number of nitrogens with one attached hydrogen (secondary N) is 1. The van der Waals surface area contributed by atoms with Gasteiger partial charge in [-0.25, -0.2) is 9.97 Å². The Bertz CT molecular complexity index is 834. The SMILES string of the molecule is CCN(CC)c1ccc(NC(=O)C2CCN(c3nc(C)cc(C)n3)CC2)c(C)c1. The third kappa shape index (κ3) is 5.05. The van der Waals surface area contributed by atoms with Gasteiger partial charge in [-0.3, -0.25) is 4.79 Å². The maximum Gasteiger partial charge on any atom is 0.227 e. The second-order valence-electron chi connectivity index (χ2n) is 7.87. The number of amides is 1. The van der Waals surface area contributed by atoms with Crippen LogP contribution in [0.2, 0.25) is 0 Å². The van der Waals surface area contributed by atoms with Crippen LogP contribution >= 0.6 is 0 Å². The molecule has 0 radical (unpaired) electrons. The Morgan fingerprint density at radius 2 is 1.69 bits per heavy atom. The summed E-state index contributed by atoms with van der Waals surface area (Å²) >= 11 is 0. The Morgan fingerprint density at radius 3 is 2.24 bits per heavy atom. The van der Waals surface area contributed by atoms with E-state index >= 15 is 0 Å². The Labute approximate surface area is 174 Å². The van der Waals surface area contributed by atoms with Crippen molar-refractivity contribution in [2.45, 2.75) is 47.5 Å². The molecule has 1 fully saturated rings. The van der Waals surface area contributed by atoms with Gasteiger partial charge in [0.25, 0.3) is 0 Å². The molecule has 1 aromatic heterocycles. The minimum Gasteiger partial charge on any atom is -0.372 e. The molecule has 0 saturated carbocycles. The standard InChI is InChI=1S/C23H33N5O/c1-6-27(7-2)20-8-9-21(16(3)14-20)26-22(29)19-10-12-28(13-11-19)23-24-17(4)15-18(5)25-23/h8-9,14-15,19H,6-7,10-13H2,1-5H3,(H,26,29). The molecule has 156 valence electrons. The maximum atomic E-state index is 12.8. The van der Waals surface area contributed by atoms with E-state index in [9.17, 15) is 4.79 Å². The Hall–Kier alpha value is -2.63. The van der Waals surface area contributed by atoms with E-state index in [1.165, 1.54) is 5.69 Å². The van der Waals surface area contributed by atoms with Gasteiger partial charge in [-0.05, 0) is 77.3 Å². The zero-order chi connectivity index (χ0) is 21.0. The summed E-state index contributed by atoms with van der Waals surface area (Å²) in [6, 6.07) is 8.26. The molecule has 2 aromatic rings. The fourth-order valence-electron chi connectivity index (χ4n) is 4.00. The van der Waals surface area contributed by atoms with Crippen molar-refractivity contribution in [1.29, 1.82) is 0 Å². The van der Waals surface area contributed by atoms with Crippen LogP contribution in [-0.4, -0.2) is 42.1 Å². The van der Waals surface area contributed by atoms with E-state index in [4.69, 9.17) is 0 Å². The van der Waals surface area contributed by atoms with Gasteiger partial charge >= 0.3 is 0 Å². The number of nitrogens with zero attached hydrogens (tertiary/aromatic N) is 4. The topological polar surface area (TPSA) is 61.4 Å². The molecular formula is C23H33N5O. The fourth-order valence-corrected chi connectivity index (χ4v) is 4.00. The van der Waals surface area contributed by atoms with Crippen LogP contribution in [-0.2, 0) is 4.79 Å². The van der Waals surface area contributed by atoms with Gasteiger partial charge in [0.1, 0.15) is 0 Å². The van der Waals surface area contributed by atoms with Gasteiger partial charge in [0, 0.05) is 54.9 Å². The van der Waals surface area contributed by atoms with Crippen molar-refractivity contribution in [2.24, 2.45) is 5.92 Å². The summed E-state index contributed by atoms with van der Waals surface area (Å²) in [4.78, 5) is 26.4. The lowest BCUT2D eigenvalue weighted by atomic mass is 9.96. The normalized spacial score (nSPS) is 14.7. The van der Waals surface area contributed by atoms with Crippen LogP contribution in [0.3, 0.4) is 0 Å². The van der Waals surface area contributed by atoms with Gasteiger partial charge in [0.15, 0.2) is 0 Å². The summed E-state index contributed by atoms with van der Waals surface area (Å²) < 4.78 is 0. The summed E-state index contributed by atoms with van der Waals surface area (Å²) in [6.45, 7) is 13.9. The molecule has 0 atom stereocenters. The van der Waals surface area contributed by atoms with Crippen molar-refractivity contribution in [3.8, 4) is 0 Å². The number of hydrogen-bond donors (Lipinski definition) is 1. The molecule has 0 aliphatic carbocycles. The first kappa shape index (κ1) is 21.1. The van der Waals surface area contributed by atoms with Crippen LogP contribution in [0.4, 0.5) is 17.3 Å². The van der Waals surface area contributed by atoms with Crippen LogP contribution in [0.1, 0.15) is 43.6 Å². The first-order chi connectivity index (χ1) is 13.9. The van der Waals surface area contributed by atoms with E-state index in [1.807, 2.05) is 26.0 Å². The monoisotopic (exact) mass is 395 g/mol. The molecule has 1 saturated heterocycles. The predicted octanol–water partition coefficient (Wildman–Crippen LogP) is 4.10. The molecule has 3 rings (SSSR count). The highest BCUT2D eigenvalue weighted by Gasteiger charge is 2.26. The zero-order valence-corrected chi connectivity index (χ0v) is 18.3. The minimum atomic E-state index is 0.0269. The predicted molar refractivity (Wildman–Crippen MR) is 120 cm³/mol. The lowest BCUT2D eigenvalue weighted by Gasteiger charge is -2.31. The van der Waals surface area contributed by atoms with Crippen LogP contribution in [0.5, 0.6) is 0 Å². The summed E-state index contributed by atoms with van der Waals surface area (Å²) in [5, 5.41) is 3.15. The third-order valence-corrected chi connectivity index (χ3v) is 5.72. The van der Waals surface area contributed by atoms with E-state index in [-0.39, 0.29) is 11.8 Å². The summed E-state index contributed by atoms with van der Waals surface area (Å²) in [5.41, 5.74) is 5.18. The number of carbonyl (C=O) groups is 1. The summed E-state index contributed by atoms with van der Waals surface area (Å²) in [7, 11) is 0. The van der Waals surface area contributed by atoms with Crippen molar-refractivity contribution in [2.75, 3.05) is 41.3 Å². The molecular weight excluding hydrogens is 362 g/mol. The number of piperidine rings is 1. The molecule has 2 heterocycles. The van der Waals surface area contributed by atoms with E-state index in [2.05, 4.69) is 58.0 Å². The maximum absolute atomic E-state index is 12.8. The molecule has 0 bridgehead atoms. The number of benzene rings is 1. The molecule has 1 aliphatic rings. The fraction of sp³-hybridized carbons (Fsp3) is 0.522. The second kappa shape index (κ2) is 9.25. The van der Waals surface area contributed by atoms with Crippen LogP contribution in [0.15, 0.2) is 24.3 Å². The molecule has 1 aliphatic heterocycles. The smallest absolute Gasteiger partial charge is 0.227 e. The number of anilines is 3. The number of aryl methyl sites for hydroxylation is 3. The van der Waals surface area contributed by atoms with E-state index < -0.39 is 0 Å². The first-order valence-corrected chi connectivity index (χ1v) is 10.6. The molecule has 6 heteroatoms. The van der Waals surface area contributed by atoms with Gasteiger partial charge in [-0.2, -0.15) is 0 Å². The Morgan fingerprint density at radius 1 is 1.07 bits per heavy atom. The quantitative estimate of drug-likeness (QED) is 0.798. The van der Waals surface area contributed by atoms with Gasteiger partial charge in [0.05, 0.1) is 0 Å². The van der Waals surface area contributed by atoms with Crippen molar-refractivity contribution in [1.82, 2.24) is 9.97 Å². The van der Waals surface area contributed by atoms with Gasteiger partial charge in [-0.1, -0.05) is 0 Å². The van der Waals surface area contributed by atoms with E-state index in [0.717, 1.165) is 67.6 Å². The lowest BCUT2D eigenvalue weighted by Crippen LogP contribution is -2.39. The zero-order valence-electron chi connectivity index (χ0n) is 18.3. The number of aromatic nitrogens is 2. The molecule has 1 N–H and O–H groups in total. The van der Waals surface area contributed by atoms with E-state index in [1.54, 1.807) is 0 Å². The summed E-state index contributed by atoms with van der Waals surface area (Å²) in [6.07, 6.45) is 1.64. The van der Waals surface area contributed by atoms with Crippen molar-refractivity contribution in [3.05, 3.63) is 41.2 Å². The molecule has 0 spiro atoms. The lowest BCUT2D eigenvalue weighted by molar-refractivity contribution is -0.120. The van der Waals surface area contributed by atoms with Gasteiger partial charge in [0.2, 0.25) is 11.9 Å². The van der Waals surface area contributed by atoms with Crippen molar-refractivity contribution < 1.29 is 4.79 Å². The average molecular weight is 396 g/mol. The van der Waals surface area contributed by atoms with Crippen LogP contribution < -0.4 is 15.1 Å². The molecule has 1 aromatic carbocycles. The van der Waals surface area contributed by atoms with Crippen LogP contribution in [0.25, 0.3) is 0 Å².